The number of nitrogens with one attached hydrogen (secondary N) is 1. The van der Waals surface area contributed by atoms with Crippen LogP contribution in [-0.2, 0) is 17.8 Å². The Morgan fingerprint density at radius 1 is 1.10 bits per heavy atom. The van der Waals surface area contributed by atoms with E-state index in [2.05, 4.69) is 58.2 Å². The van der Waals surface area contributed by atoms with Gasteiger partial charge in [0.2, 0.25) is 0 Å². The van der Waals surface area contributed by atoms with E-state index >= 15 is 0 Å². The number of ether oxygens (including phenoxy) is 1. The highest BCUT2D eigenvalue weighted by molar-refractivity contribution is 14.0. The van der Waals surface area contributed by atoms with E-state index < -0.39 is 0 Å². The molecule has 2 saturated heterocycles. The van der Waals surface area contributed by atoms with Crippen molar-refractivity contribution >= 4 is 29.9 Å². The van der Waals surface area contributed by atoms with Crippen molar-refractivity contribution in [3.63, 3.8) is 0 Å². The van der Waals surface area contributed by atoms with Gasteiger partial charge in [0.05, 0.1) is 6.10 Å². The Morgan fingerprint density at radius 3 is 2.48 bits per heavy atom. The van der Waals surface area contributed by atoms with Gasteiger partial charge >= 0.3 is 0 Å². The fourth-order valence-electron chi connectivity index (χ4n) is 4.47. The molecule has 0 aromatic heterocycles. The van der Waals surface area contributed by atoms with Crippen LogP contribution < -0.4 is 5.32 Å². The molecule has 0 spiro atoms. The van der Waals surface area contributed by atoms with Gasteiger partial charge in [-0.3, -0.25) is 9.89 Å². The minimum Gasteiger partial charge on any atom is -0.378 e. The molecule has 6 heteroatoms. The lowest BCUT2D eigenvalue weighted by atomic mass is 10.0. The molecule has 0 saturated carbocycles. The average molecular weight is 514 g/mol. The number of piperidine rings is 2. The second-order valence-electron chi connectivity index (χ2n) is 8.13. The third-order valence-corrected chi connectivity index (χ3v) is 6.23. The van der Waals surface area contributed by atoms with Gasteiger partial charge in [-0.05, 0) is 57.2 Å². The van der Waals surface area contributed by atoms with E-state index in [1.165, 1.54) is 36.9 Å². The first-order chi connectivity index (χ1) is 13.7. The molecule has 1 atom stereocenters. The predicted molar refractivity (Wildman–Crippen MR) is 132 cm³/mol. The molecule has 5 nitrogen and oxygen atoms in total. The van der Waals surface area contributed by atoms with Crippen molar-refractivity contribution in [2.24, 2.45) is 4.99 Å². The monoisotopic (exact) mass is 514 g/mol. The van der Waals surface area contributed by atoms with Gasteiger partial charge < -0.3 is 15.0 Å². The van der Waals surface area contributed by atoms with Gasteiger partial charge in [-0.25, -0.2) is 0 Å². The molecule has 3 rings (SSSR count). The molecule has 2 heterocycles. The van der Waals surface area contributed by atoms with E-state index in [-0.39, 0.29) is 24.0 Å². The van der Waals surface area contributed by atoms with E-state index in [9.17, 15) is 0 Å². The van der Waals surface area contributed by atoms with E-state index in [1.54, 1.807) is 0 Å². The van der Waals surface area contributed by atoms with E-state index in [0.717, 1.165) is 51.6 Å². The molecule has 1 N–H and O–H groups in total. The van der Waals surface area contributed by atoms with Crippen molar-refractivity contribution in [2.75, 3.05) is 33.3 Å². The maximum absolute atomic E-state index is 5.78. The van der Waals surface area contributed by atoms with Crippen LogP contribution in [0.2, 0.25) is 0 Å². The van der Waals surface area contributed by atoms with Crippen LogP contribution in [0.4, 0.5) is 0 Å². The first-order valence-corrected chi connectivity index (χ1v) is 11.1. The molecule has 29 heavy (non-hydrogen) atoms. The van der Waals surface area contributed by atoms with Gasteiger partial charge in [-0.1, -0.05) is 30.7 Å². The summed E-state index contributed by atoms with van der Waals surface area (Å²) < 4.78 is 5.78. The zero-order valence-electron chi connectivity index (χ0n) is 18.4. The number of rotatable bonds is 6. The molecule has 0 radical (unpaired) electrons. The maximum Gasteiger partial charge on any atom is 0.193 e. The van der Waals surface area contributed by atoms with Crippen molar-refractivity contribution in [3.05, 3.63) is 35.4 Å². The van der Waals surface area contributed by atoms with E-state index in [1.807, 2.05) is 7.05 Å². The minimum atomic E-state index is 0. The summed E-state index contributed by atoms with van der Waals surface area (Å²) in [5.74, 6) is 1.01. The molecule has 1 aromatic carbocycles. The molecule has 1 unspecified atom stereocenters. The van der Waals surface area contributed by atoms with Crippen LogP contribution in [0.25, 0.3) is 0 Å². The minimum absolute atomic E-state index is 0. The number of likely N-dealkylation sites (tertiary alicyclic amines) is 2. The lowest BCUT2D eigenvalue weighted by molar-refractivity contribution is 0.0263. The standard InChI is InChI=1S/C23H38N4O.HI/c1-4-28-22-12-15-26(16-13-22)23(24-3)25-17-20-10-5-6-11-21(20)18-27-14-8-7-9-19(27)2;/h5-6,10-11,19,22H,4,7-9,12-18H2,1-3H3,(H,24,25);1H. The number of nitrogens with zero attached hydrogens (tertiary/aromatic N) is 3. The van der Waals surface area contributed by atoms with Gasteiger partial charge in [0.15, 0.2) is 5.96 Å². The predicted octanol–water partition coefficient (Wildman–Crippen LogP) is 4.26. The highest BCUT2D eigenvalue weighted by Gasteiger charge is 2.22. The lowest BCUT2D eigenvalue weighted by Gasteiger charge is -2.35. The van der Waals surface area contributed by atoms with Gasteiger partial charge in [0.1, 0.15) is 0 Å². The van der Waals surface area contributed by atoms with Crippen molar-refractivity contribution < 1.29 is 4.74 Å². The Hall–Kier alpha value is -0.860. The van der Waals surface area contributed by atoms with Crippen molar-refractivity contribution in [2.45, 2.75) is 71.2 Å². The highest BCUT2D eigenvalue weighted by atomic mass is 127. The quantitative estimate of drug-likeness (QED) is 0.350. The molecular weight excluding hydrogens is 475 g/mol. The maximum atomic E-state index is 5.78. The average Bonchev–Trinajstić information content (AvgIpc) is 2.72. The summed E-state index contributed by atoms with van der Waals surface area (Å²) in [7, 11) is 1.89. The molecule has 164 valence electrons. The Bertz CT molecular complexity index is 631. The highest BCUT2D eigenvalue weighted by Crippen LogP contribution is 2.21. The zero-order valence-corrected chi connectivity index (χ0v) is 20.7. The van der Waals surface area contributed by atoms with Gasteiger partial charge in [-0.2, -0.15) is 0 Å². The Kier molecular flexibility index (Phi) is 10.7. The fraction of sp³-hybridized carbons (Fsp3) is 0.696. The summed E-state index contributed by atoms with van der Waals surface area (Å²) in [6.07, 6.45) is 6.60. The summed E-state index contributed by atoms with van der Waals surface area (Å²) in [6, 6.07) is 9.55. The van der Waals surface area contributed by atoms with Crippen molar-refractivity contribution in [1.82, 2.24) is 15.1 Å². The number of guanidine groups is 1. The number of aliphatic imine (C=N–C) groups is 1. The molecule has 0 bridgehead atoms. The molecule has 2 fully saturated rings. The fourth-order valence-corrected chi connectivity index (χ4v) is 4.47. The second kappa shape index (κ2) is 12.7. The number of benzene rings is 1. The molecule has 2 aliphatic heterocycles. The van der Waals surface area contributed by atoms with Gasteiger partial charge in [0, 0.05) is 45.9 Å². The number of halogens is 1. The van der Waals surface area contributed by atoms with Crippen LogP contribution in [0.15, 0.2) is 29.3 Å². The molecular formula is C23H39IN4O. The van der Waals surface area contributed by atoms with Crippen LogP contribution in [0.1, 0.15) is 57.1 Å². The number of hydrogen-bond donors (Lipinski definition) is 1. The third kappa shape index (κ3) is 7.10. The van der Waals surface area contributed by atoms with Crippen LogP contribution in [-0.4, -0.2) is 61.2 Å². The molecule has 0 aliphatic carbocycles. The van der Waals surface area contributed by atoms with Crippen molar-refractivity contribution in [1.29, 1.82) is 0 Å². The van der Waals surface area contributed by atoms with Crippen LogP contribution in [0, 0.1) is 0 Å². The van der Waals surface area contributed by atoms with Crippen LogP contribution >= 0.6 is 24.0 Å². The summed E-state index contributed by atoms with van der Waals surface area (Å²) in [5, 5.41) is 3.61. The first-order valence-electron chi connectivity index (χ1n) is 11.1. The Labute approximate surface area is 194 Å². The SMILES string of the molecule is CCOC1CCN(C(=NC)NCc2ccccc2CN2CCCCC2C)CC1.I. The second-order valence-corrected chi connectivity index (χ2v) is 8.13. The summed E-state index contributed by atoms with van der Waals surface area (Å²) in [6.45, 7) is 10.4. The zero-order chi connectivity index (χ0) is 19.8. The third-order valence-electron chi connectivity index (χ3n) is 6.23. The smallest absolute Gasteiger partial charge is 0.193 e. The summed E-state index contributed by atoms with van der Waals surface area (Å²) >= 11 is 0. The number of hydrogen-bond acceptors (Lipinski definition) is 3. The van der Waals surface area contributed by atoms with E-state index in [4.69, 9.17) is 4.74 Å². The van der Waals surface area contributed by atoms with Crippen molar-refractivity contribution in [3.8, 4) is 0 Å². The van der Waals surface area contributed by atoms with E-state index in [0.29, 0.717) is 12.1 Å². The topological polar surface area (TPSA) is 40.1 Å². The Balaban J connectivity index is 0.00000300. The first kappa shape index (κ1) is 24.4. The summed E-state index contributed by atoms with van der Waals surface area (Å²) in [5.41, 5.74) is 2.82. The molecule has 1 aromatic rings. The molecule has 0 amide bonds. The van der Waals surface area contributed by atoms with Crippen LogP contribution in [0.5, 0.6) is 0 Å². The Morgan fingerprint density at radius 2 is 1.83 bits per heavy atom. The van der Waals surface area contributed by atoms with Crippen LogP contribution in [0.3, 0.4) is 0 Å². The normalized spacial score (nSPS) is 21.7. The van der Waals surface area contributed by atoms with Gasteiger partial charge in [0.25, 0.3) is 0 Å². The largest absolute Gasteiger partial charge is 0.378 e. The summed E-state index contributed by atoms with van der Waals surface area (Å²) in [4.78, 5) is 9.54. The van der Waals surface area contributed by atoms with Gasteiger partial charge in [-0.15, -0.1) is 24.0 Å². The lowest BCUT2D eigenvalue weighted by Crippen LogP contribution is -2.46. The molecule has 2 aliphatic rings.